The van der Waals surface area contributed by atoms with E-state index in [-0.39, 0.29) is 5.54 Å². The van der Waals surface area contributed by atoms with Crippen LogP contribution in [0.5, 0.6) is 0 Å². The minimum absolute atomic E-state index is 0.246. The van der Waals surface area contributed by atoms with Crippen LogP contribution in [0.2, 0.25) is 0 Å². The first-order valence-electron chi connectivity index (χ1n) is 7.07. The summed E-state index contributed by atoms with van der Waals surface area (Å²) in [5.41, 5.74) is 0.246. The third kappa shape index (κ3) is 3.21. The summed E-state index contributed by atoms with van der Waals surface area (Å²) in [6.45, 7) is 9.33. The molecule has 1 heterocycles. The van der Waals surface area contributed by atoms with E-state index in [0.29, 0.717) is 6.04 Å². The molecular weight excluding hydrogens is 210 g/mol. The van der Waals surface area contributed by atoms with Crippen molar-refractivity contribution in [1.29, 1.82) is 0 Å². The maximum Gasteiger partial charge on any atom is 0.0271 e. The third-order valence-corrected chi connectivity index (χ3v) is 4.67. The van der Waals surface area contributed by atoms with Crippen LogP contribution in [0.4, 0.5) is 0 Å². The highest BCUT2D eigenvalue weighted by Crippen LogP contribution is 2.33. The third-order valence-electron chi connectivity index (χ3n) is 4.67. The van der Waals surface area contributed by atoms with Gasteiger partial charge in [0.25, 0.3) is 0 Å². The molecule has 0 amide bonds. The van der Waals surface area contributed by atoms with Crippen molar-refractivity contribution in [2.75, 3.05) is 27.2 Å². The molecule has 2 rings (SSSR count). The number of nitrogens with zero attached hydrogens (tertiary/aromatic N) is 2. The molecule has 1 saturated carbocycles. The molecule has 0 aromatic heterocycles. The molecule has 1 N–H and O–H groups in total. The van der Waals surface area contributed by atoms with Crippen molar-refractivity contribution in [1.82, 2.24) is 15.1 Å². The standard InChI is InChI=1S/C14H29N3/c1-11-8-12(9-17(11)13-6-7-13)15-10-14(2,3)16(4)5/h11-13,15H,6-10H2,1-5H3. The van der Waals surface area contributed by atoms with E-state index in [1.54, 1.807) is 0 Å². The Morgan fingerprint density at radius 3 is 2.47 bits per heavy atom. The van der Waals surface area contributed by atoms with Crippen molar-refractivity contribution >= 4 is 0 Å². The summed E-state index contributed by atoms with van der Waals surface area (Å²) in [5.74, 6) is 0. The Bertz CT molecular complexity index is 258. The molecule has 17 heavy (non-hydrogen) atoms. The van der Waals surface area contributed by atoms with Crippen LogP contribution in [-0.2, 0) is 0 Å². The average molecular weight is 239 g/mol. The molecule has 1 aliphatic heterocycles. The number of likely N-dealkylation sites (tertiary alicyclic amines) is 1. The second-order valence-electron chi connectivity index (χ2n) is 6.80. The molecule has 0 bridgehead atoms. The van der Waals surface area contributed by atoms with Gasteiger partial charge in [-0.25, -0.2) is 0 Å². The Hall–Kier alpha value is -0.120. The van der Waals surface area contributed by atoms with Crippen molar-refractivity contribution in [3.63, 3.8) is 0 Å². The van der Waals surface area contributed by atoms with E-state index >= 15 is 0 Å². The van der Waals surface area contributed by atoms with Gasteiger partial charge in [0.1, 0.15) is 0 Å². The molecule has 1 aliphatic carbocycles. The monoisotopic (exact) mass is 239 g/mol. The normalized spacial score (nSPS) is 31.4. The van der Waals surface area contributed by atoms with Crippen molar-refractivity contribution in [3.05, 3.63) is 0 Å². The van der Waals surface area contributed by atoms with Gasteiger partial charge in [-0.15, -0.1) is 0 Å². The fourth-order valence-electron chi connectivity index (χ4n) is 2.67. The molecule has 1 saturated heterocycles. The average Bonchev–Trinajstić information content (AvgIpc) is 3.00. The molecule has 2 atom stereocenters. The number of nitrogens with one attached hydrogen (secondary N) is 1. The smallest absolute Gasteiger partial charge is 0.0271 e. The van der Waals surface area contributed by atoms with Gasteiger partial charge in [0.15, 0.2) is 0 Å². The van der Waals surface area contributed by atoms with E-state index in [9.17, 15) is 0 Å². The highest BCUT2D eigenvalue weighted by molar-refractivity contribution is 4.96. The molecule has 2 fully saturated rings. The van der Waals surface area contributed by atoms with Gasteiger partial charge in [0, 0.05) is 36.8 Å². The fourth-order valence-corrected chi connectivity index (χ4v) is 2.67. The minimum Gasteiger partial charge on any atom is -0.311 e. The van der Waals surface area contributed by atoms with Crippen molar-refractivity contribution < 1.29 is 0 Å². The quantitative estimate of drug-likeness (QED) is 0.785. The van der Waals surface area contributed by atoms with Crippen LogP contribution in [0.15, 0.2) is 0 Å². The molecule has 0 aromatic rings. The molecule has 3 nitrogen and oxygen atoms in total. The first-order chi connectivity index (χ1) is 7.90. The van der Waals surface area contributed by atoms with Crippen LogP contribution >= 0.6 is 0 Å². The fraction of sp³-hybridized carbons (Fsp3) is 1.00. The van der Waals surface area contributed by atoms with E-state index in [0.717, 1.165) is 18.6 Å². The Morgan fingerprint density at radius 1 is 1.29 bits per heavy atom. The summed E-state index contributed by atoms with van der Waals surface area (Å²) in [7, 11) is 4.32. The SMILES string of the molecule is CC1CC(NCC(C)(C)N(C)C)CN1C1CC1. The molecule has 0 radical (unpaired) electrons. The molecule has 2 unspecified atom stereocenters. The van der Waals surface area contributed by atoms with E-state index in [1.807, 2.05) is 0 Å². The van der Waals surface area contributed by atoms with Gasteiger partial charge in [-0.2, -0.15) is 0 Å². The van der Waals surface area contributed by atoms with Crippen molar-refractivity contribution in [2.24, 2.45) is 0 Å². The van der Waals surface area contributed by atoms with Gasteiger partial charge in [-0.1, -0.05) is 0 Å². The number of likely N-dealkylation sites (N-methyl/N-ethyl adjacent to an activating group) is 1. The summed E-state index contributed by atoms with van der Waals surface area (Å²) in [6.07, 6.45) is 4.18. The molecule has 2 aliphatic rings. The lowest BCUT2D eigenvalue weighted by molar-refractivity contribution is 0.183. The van der Waals surface area contributed by atoms with Crippen LogP contribution in [0.3, 0.4) is 0 Å². The largest absolute Gasteiger partial charge is 0.311 e. The lowest BCUT2D eigenvalue weighted by Crippen LogP contribution is -2.49. The lowest BCUT2D eigenvalue weighted by Gasteiger charge is -2.34. The van der Waals surface area contributed by atoms with Crippen LogP contribution in [-0.4, -0.2) is 60.6 Å². The van der Waals surface area contributed by atoms with Gasteiger partial charge < -0.3 is 10.2 Å². The summed E-state index contributed by atoms with van der Waals surface area (Å²) in [5, 5.41) is 3.76. The Kier molecular flexibility index (Phi) is 3.81. The molecule has 0 aromatic carbocycles. The maximum atomic E-state index is 3.76. The summed E-state index contributed by atoms with van der Waals surface area (Å²) in [4.78, 5) is 5.01. The topological polar surface area (TPSA) is 18.5 Å². The molecule has 0 spiro atoms. The number of hydrogen-bond donors (Lipinski definition) is 1. The maximum absolute atomic E-state index is 3.76. The van der Waals surface area contributed by atoms with Gasteiger partial charge in [-0.3, -0.25) is 4.90 Å². The van der Waals surface area contributed by atoms with Crippen LogP contribution in [0.1, 0.15) is 40.0 Å². The number of rotatable bonds is 5. The molecular formula is C14H29N3. The van der Waals surface area contributed by atoms with E-state index in [2.05, 4.69) is 50.0 Å². The first kappa shape index (κ1) is 13.3. The second-order valence-corrected chi connectivity index (χ2v) is 6.80. The van der Waals surface area contributed by atoms with Crippen LogP contribution in [0, 0.1) is 0 Å². The first-order valence-corrected chi connectivity index (χ1v) is 7.07. The van der Waals surface area contributed by atoms with E-state index < -0.39 is 0 Å². The molecule has 100 valence electrons. The van der Waals surface area contributed by atoms with Crippen LogP contribution in [0.25, 0.3) is 0 Å². The Morgan fingerprint density at radius 2 is 1.94 bits per heavy atom. The van der Waals surface area contributed by atoms with Gasteiger partial charge >= 0.3 is 0 Å². The Labute approximate surface area is 107 Å². The highest BCUT2D eigenvalue weighted by Gasteiger charge is 2.38. The summed E-state index contributed by atoms with van der Waals surface area (Å²) in [6, 6.07) is 2.39. The van der Waals surface area contributed by atoms with E-state index in [1.165, 1.54) is 25.8 Å². The van der Waals surface area contributed by atoms with Crippen molar-refractivity contribution in [3.8, 4) is 0 Å². The summed E-state index contributed by atoms with van der Waals surface area (Å²) >= 11 is 0. The van der Waals surface area contributed by atoms with Gasteiger partial charge in [0.2, 0.25) is 0 Å². The van der Waals surface area contributed by atoms with Gasteiger partial charge in [0.05, 0.1) is 0 Å². The predicted molar refractivity (Wildman–Crippen MR) is 73.4 cm³/mol. The zero-order chi connectivity index (χ0) is 12.6. The number of hydrogen-bond acceptors (Lipinski definition) is 3. The minimum atomic E-state index is 0.246. The highest BCUT2D eigenvalue weighted by atomic mass is 15.3. The zero-order valence-corrected chi connectivity index (χ0v) is 12.2. The van der Waals surface area contributed by atoms with Crippen molar-refractivity contribution in [2.45, 2.75) is 63.7 Å². The van der Waals surface area contributed by atoms with Gasteiger partial charge in [-0.05, 0) is 54.1 Å². The molecule has 3 heteroatoms. The zero-order valence-electron chi connectivity index (χ0n) is 12.2. The Balaban J connectivity index is 1.77. The second kappa shape index (κ2) is 4.87. The van der Waals surface area contributed by atoms with Crippen LogP contribution < -0.4 is 5.32 Å². The van der Waals surface area contributed by atoms with E-state index in [4.69, 9.17) is 0 Å². The lowest BCUT2D eigenvalue weighted by atomic mass is 10.0. The summed E-state index contributed by atoms with van der Waals surface area (Å²) < 4.78 is 0. The predicted octanol–water partition coefficient (Wildman–Crippen LogP) is 1.54.